The van der Waals surface area contributed by atoms with E-state index in [0.29, 0.717) is 31.7 Å². The lowest BCUT2D eigenvalue weighted by Gasteiger charge is -2.24. The number of nitrogens with one attached hydrogen (secondary N) is 2. The summed E-state index contributed by atoms with van der Waals surface area (Å²) in [5.74, 6) is -17.5. The average molecular weight is 1190 g/mol. The van der Waals surface area contributed by atoms with Crippen LogP contribution in [0.3, 0.4) is 0 Å². The minimum atomic E-state index is -5.21. The van der Waals surface area contributed by atoms with Gasteiger partial charge in [-0.2, -0.15) is 57.1 Å². The lowest BCUT2D eigenvalue weighted by Crippen LogP contribution is -2.47. The molecule has 79 heavy (non-hydrogen) atoms. The number of carbonyl (C=O) groups excluding carboxylic acids is 4. The molecule has 18 nitrogen and oxygen atoms in total. The number of benzene rings is 2. The molecule has 2 aromatic carbocycles. The van der Waals surface area contributed by atoms with E-state index in [1.807, 2.05) is 11.8 Å². The van der Waals surface area contributed by atoms with Crippen LogP contribution < -0.4 is 14.9 Å². The van der Waals surface area contributed by atoms with Crippen LogP contribution in [0, 0.1) is 17.6 Å². The standard InChI is InChI=1S/C43H37ClF10N8O10S.C5H12S/c1-4-22-5-6-24(31(55-22)28(12-19-10-20(45)13-21(46)11-19)57-29(63)14-60-34-26(9-18(2)42(34,50)51)33(58-60)43(52,53)54)25-7-8-27(44)30-32(25)61(17-41(47,48)49)59-35(30)62(73-3)40(70)56-23(15-71-38(68)36(64)65)16-72-39(69)37(66)67;1-5(2,3)6-4/h5-8,10-11,13,18,23,28H,4,9,12,14-17H2,1-3H3,(H,56,70)(H,57,63)(H,64,65)(H,66,67);1-4H3/t18-,28?;/m1./s1. The van der Waals surface area contributed by atoms with E-state index in [2.05, 4.69) is 62.3 Å². The number of esters is 2. The molecule has 2 atom stereocenters. The molecule has 0 fully saturated rings. The minimum absolute atomic E-state index is 0.142. The first-order valence-electron chi connectivity index (χ1n) is 23.2. The number of alkyl halides is 8. The van der Waals surface area contributed by atoms with Gasteiger partial charge in [-0.25, -0.2) is 37.1 Å². The Bertz CT molecular complexity index is 3080. The summed E-state index contributed by atoms with van der Waals surface area (Å²) in [5, 5.41) is 29.2. The molecule has 1 aliphatic rings. The Morgan fingerprint density at radius 2 is 1.44 bits per heavy atom. The second-order valence-corrected chi connectivity index (χ2v) is 21.2. The Labute approximate surface area is 456 Å². The zero-order valence-corrected chi connectivity index (χ0v) is 44.9. The minimum Gasteiger partial charge on any atom is -0.473 e. The van der Waals surface area contributed by atoms with Crippen LogP contribution in [0.4, 0.5) is 54.5 Å². The highest BCUT2D eigenvalue weighted by Crippen LogP contribution is 2.50. The van der Waals surface area contributed by atoms with Gasteiger partial charge in [-0.15, -0.1) is 0 Å². The van der Waals surface area contributed by atoms with Gasteiger partial charge in [0.15, 0.2) is 11.5 Å². The third-order valence-corrected chi connectivity index (χ3v) is 13.8. The monoisotopic (exact) mass is 1190 g/mol. The van der Waals surface area contributed by atoms with Gasteiger partial charge in [-0.1, -0.05) is 58.4 Å². The molecule has 0 spiro atoms. The molecule has 0 radical (unpaired) electrons. The smallest absolute Gasteiger partial charge is 0.435 e. The number of hydrogen-bond acceptors (Lipinski definition) is 13. The third kappa shape index (κ3) is 15.7. The van der Waals surface area contributed by atoms with Crippen LogP contribution in [0.25, 0.3) is 22.0 Å². The molecule has 0 saturated heterocycles. The SMILES string of the molecule is CCc1ccc(-c2ccc(Cl)c3c(N(SC)C(=O)NC(COC(=O)C(=O)O)COC(=O)C(=O)O)nn(CC(F)(F)F)c23)c(C(Cc2cc(F)cc(F)c2)NC(=O)Cn2nc(C(F)(F)F)c3c2C(F)(F)[C@H](C)C3)n1.CSC(C)(C)C. The molecule has 31 heteroatoms. The van der Waals surface area contributed by atoms with E-state index >= 15 is 8.78 Å². The average Bonchev–Trinajstić information content (AvgIpc) is 4.23. The molecule has 3 aromatic heterocycles. The molecule has 3 heterocycles. The lowest BCUT2D eigenvalue weighted by atomic mass is 9.93. The van der Waals surface area contributed by atoms with Gasteiger partial charge >= 0.3 is 42.3 Å². The number of hydrogen-bond donors (Lipinski definition) is 4. The molecule has 430 valence electrons. The first-order chi connectivity index (χ1) is 36.6. The zero-order valence-electron chi connectivity index (χ0n) is 42.5. The number of aromatic nitrogens is 5. The zero-order chi connectivity index (χ0) is 59.3. The second kappa shape index (κ2) is 25.1. The number of carboxylic acid groups (broad SMARTS) is 2. The number of rotatable bonds is 16. The summed E-state index contributed by atoms with van der Waals surface area (Å²) in [5.41, 5.74) is -4.65. The topological polar surface area (TPSA) is 237 Å². The van der Waals surface area contributed by atoms with Gasteiger partial charge in [-0.05, 0) is 67.3 Å². The van der Waals surface area contributed by atoms with Crippen molar-refractivity contribution in [1.29, 1.82) is 0 Å². The fourth-order valence-corrected chi connectivity index (χ4v) is 8.61. The van der Waals surface area contributed by atoms with E-state index in [0.717, 1.165) is 25.1 Å². The van der Waals surface area contributed by atoms with Crippen molar-refractivity contribution in [2.24, 2.45) is 5.92 Å². The van der Waals surface area contributed by atoms with Crippen molar-refractivity contribution in [2.45, 2.75) is 102 Å². The first kappa shape index (κ1) is 63.0. The Kier molecular flexibility index (Phi) is 20.0. The van der Waals surface area contributed by atoms with Gasteiger partial charge in [0, 0.05) is 45.4 Å². The van der Waals surface area contributed by atoms with Gasteiger partial charge < -0.3 is 30.3 Å². The molecule has 0 saturated carbocycles. The van der Waals surface area contributed by atoms with E-state index in [1.54, 1.807) is 6.92 Å². The Balaban J connectivity index is 0.00000181. The van der Waals surface area contributed by atoms with Gasteiger partial charge in [0.05, 0.1) is 33.7 Å². The molecule has 1 unspecified atom stereocenters. The number of nitrogens with zero attached hydrogens (tertiary/aromatic N) is 6. The number of aryl methyl sites for hydroxylation is 1. The van der Waals surface area contributed by atoms with Gasteiger partial charge in [-0.3, -0.25) is 19.1 Å². The summed E-state index contributed by atoms with van der Waals surface area (Å²) in [7, 11) is 0. The third-order valence-electron chi connectivity index (χ3n) is 11.6. The molecule has 0 bridgehead atoms. The van der Waals surface area contributed by atoms with E-state index in [1.165, 1.54) is 24.5 Å². The molecule has 1 aliphatic carbocycles. The summed E-state index contributed by atoms with van der Waals surface area (Å²) in [4.78, 5) is 78.1. The summed E-state index contributed by atoms with van der Waals surface area (Å²) < 4.78 is 157. The normalized spacial score (nSPS) is 14.5. The van der Waals surface area contributed by atoms with E-state index in [4.69, 9.17) is 21.8 Å². The fraction of sp³-hybridized carbons (Fsp3) is 0.438. The maximum absolute atomic E-state index is 15.5. The highest BCUT2D eigenvalue weighted by Gasteiger charge is 2.54. The quantitative estimate of drug-likeness (QED) is 0.0312. The predicted molar refractivity (Wildman–Crippen MR) is 267 cm³/mol. The van der Waals surface area contributed by atoms with Crippen LogP contribution in [0.15, 0.2) is 42.5 Å². The number of halogens is 11. The largest absolute Gasteiger partial charge is 0.473 e. The van der Waals surface area contributed by atoms with Crippen molar-refractivity contribution in [3.05, 3.63) is 93.0 Å². The highest BCUT2D eigenvalue weighted by molar-refractivity contribution is 8.00. The van der Waals surface area contributed by atoms with Crippen molar-refractivity contribution in [3.8, 4) is 11.1 Å². The van der Waals surface area contributed by atoms with Gasteiger partial charge in [0.2, 0.25) is 5.91 Å². The fourth-order valence-electron chi connectivity index (χ4n) is 7.85. The number of pyridine rings is 1. The lowest BCUT2D eigenvalue weighted by molar-refractivity contribution is -0.166. The predicted octanol–water partition coefficient (Wildman–Crippen LogP) is 9.32. The van der Waals surface area contributed by atoms with E-state index < -0.39 is 151 Å². The van der Waals surface area contributed by atoms with Crippen molar-refractivity contribution >= 4 is 87.8 Å². The molecule has 4 N–H and O–H groups in total. The van der Waals surface area contributed by atoms with E-state index in [-0.39, 0.29) is 49.6 Å². The van der Waals surface area contributed by atoms with Crippen LogP contribution >= 0.6 is 35.3 Å². The molecular weight excluding hydrogens is 1140 g/mol. The molecule has 5 aromatic rings. The number of fused-ring (bicyclic) bond motifs is 2. The van der Waals surface area contributed by atoms with Crippen molar-refractivity contribution in [2.75, 3.05) is 30.0 Å². The van der Waals surface area contributed by atoms with Crippen LogP contribution in [0.5, 0.6) is 0 Å². The number of anilines is 1. The summed E-state index contributed by atoms with van der Waals surface area (Å²) in [6.07, 6.45) is -8.12. The Morgan fingerprint density at radius 3 is 1.95 bits per heavy atom. The summed E-state index contributed by atoms with van der Waals surface area (Å²) in [6, 6.07) is 2.65. The number of amides is 3. The number of aliphatic carboxylic acids is 2. The number of carbonyl (C=O) groups is 6. The number of ether oxygens (including phenoxy) is 2. The van der Waals surface area contributed by atoms with Crippen LogP contribution in [0.2, 0.25) is 5.02 Å². The Hall–Kier alpha value is -6.82. The molecule has 6 rings (SSSR count). The number of carboxylic acids is 2. The summed E-state index contributed by atoms with van der Waals surface area (Å²) >= 11 is 9.04. The summed E-state index contributed by atoms with van der Waals surface area (Å²) in [6.45, 7) is 3.97. The maximum atomic E-state index is 15.5. The molecule has 0 aliphatic heterocycles. The van der Waals surface area contributed by atoms with Crippen molar-refractivity contribution in [1.82, 2.24) is 35.2 Å². The van der Waals surface area contributed by atoms with Crippen LogP contribution in [0.1, 0.15) is 74.6 Å². The molecular formula is C48H49ClF10N8O10S2. The second-order valence-electron chi connectivity index (χ2n) is 18.4. The van der Waals surface area contributed by atoms with Crippen molar-refractivity contribution in [3.63, 3.8) is 0 Å². The van der Waals surface area contributed by atoms with Crippen LogP contribution in [-0.4, -0.2) is 113 Å². The number of thioether (sulfide) groups is 1. The van der Waals surface area contributed by atoms with Crippen molar-refractivity contribution < 1.29 is 92.4 Å². The van der Waals surface area contributed by atoms with E-state index in [9.17, 15) is 63.9 Å². The van der Waals surface area contributed by atoms with Gasteiger partial charge in [0.1, 0.15) is 43.6 Å². The highest BCUT2D eigenvalue weighted by atomic mass is 35.5. The Morgan fingerprint density at radius 1 is 0.873 bits per heavy atom. The number of urea groups is 1. The van der Waals surface area contributed by atoms with Gasteiger partial charge in [0.25, 0.3) is 5.92 Å². The first-order valence-corrected chi connectivity index (χ1v) is 25.9. The maximum Gasteiger partial charge on any atom is 0.435 e. The molecule has 3 amide bonds. The van der Waals surface area contributed by atoms with Crippen LogP contribution in [-0.2, 0) is 77.9 Å².